The van der Waals surface area contributed by atoms with Gasteiger partial charge in [0.05, 0.1) is 6.04 Å². The van der Waals surface area contributed by atoms with Gasteiger partial charge in [-0.05, 0) is 36.1 Å². The third-order valence-electron chi connectivity index (χ3n) is 3.85. The van der Waals surface area contributed by atoms with E-state index in [1.165, 1.54) is 18.4 Å². The van der Waals surface area contributed by atoms with Crippen LogP contribution in [0.3, 0.4) is 0 Å². The van der Waals surface area contributed by atoms with Gasteiger partial charge in [-0.1, -0.05) is 28.1 Å². The number of amides is 1. The third-order valence-corrected chi connectivity index (χ3v) is 6.92. The molecule has 1 aromatic heterocycles. The molecule has 1 aliphatic heterocycles. The Balaban J connectivity index is 1.83. The molecule has 1 aliphatic rings. The summed E-state index contributed by atoms with van der Waals surface area (Å²) in [6.45, 7) is 0. The number of benzene rings is 1. The van der Waals surface area contributed by atoms with E-state index in [1.807, 2.05) is 23.6 Å². The number of likely N-dealkylation sites (N-methyl/N-ethyl adjacent to an activating group) is 1. The van der Waals surface area contributed by atoms with Crippen molar-refractivity contribution < 1.29 is 13.2 Å². The number of nitrogens with zero attached hydrogens (tertiary/aromatic N) is 1. The topological polar surface area (TPSA) is 78.5 Å². The summed E-state index contributed by atoms with van der Waals surface area (Å²) in [5.74, 6) is -0.345. The quantitative estimate of drug-likeness (QED) is 0.786. The van der Waals surface area contributed by atoms with Gasteiger partial charge in [-0.25, -0.2) is 0 Å². The number of carbonyl (C=O) groups is 1. The number of anilines is 1. The summed E-state index contributed by atoms with van der Waals surface area (Å²) in [5.41, 5.74) is 0.617. The SMILES string of the molecule is CN1[C@@H](C(=O)Nc2cccc(Br)c2)C[C@@H](c2cccs2)NS1(=O)=O. The minimum atomic E-state index is -3.71. The van der Waals surface area contributed by atoms with Crippen molar-refractivity contribution in [2.75, 3.05) is 12.4 Å². The maximum Gasteiger partial charge on any atom is 0.280 e. The van der Waals surface area contributed by atoms with Crippen molar-refractivity contribution in [3.8, 4) is 0 Å². The van der Waals surface area contributed by atoms with Gasteiger partial charge in [-0.2, -0.15) is 17.4 Å². The van der Waals surface area contributed by atoms with Gasteiger partial charge in [0, 0.05) is 22.1 Å². The second-order valence-electron chi connectivity index (χ2n) is 5.46. The molecule has 3 rings (SSSR count). The van der Waals surface area contributed by atoms with Crippen molar-refractivity contribution in [1.29, 1.82) is 0 Å². The van der Waals surface area contributed by atoms with Crippen molar-refractivity contribution in [3.63, 3.8) is 0 Å². The van der Waals surface area contributed by atoms with Gasteiger partial charge in [-0.3, -0.25) is 4.79 Å². The van der Waals surface area contributed by atoms with Crippen LogP contribution in [0, 0.1) is 0 Å². The molecule has 0 radical (unpaired) electrons. The first kappa shape index (κ1) is 17.6. The van der Waals surface area contributed by atoms with E-state index in [4.69, 9.17) is 0 Å². The molecule has 0 unspecified atom stereocenters. The number of rotatable bonds is 3. The van der Waals surface area contributed by atoms with E-state index < -0.39 is 22.3 Å². The number of halogens is 1. The maximum atomic E-state index is 12.6. The Kier molecular flexibility index (Phi) is 5.07. The predicted molar refractivity (Wildman–Crippen MR) is 98.1 cm³/mol. The standard InChI is InChI=1S/C15H16BrN3O3S2/c1-19-13(15(20)17-11-5-2-4-10(16)8-11)9-12(18-24(19,21)22)14-6-3-7-23-14/h2-8,12-13,18H,9H2,1H3,(H,17,20)/t12-,13+/m0/s1. The number of nitrogens with one attached hydrogen (secondary N) is 2. The summed E-state index contributed by atoms with van der Waals surface area (Å²) < 4.78 is 29.2. The smallest absolute Gasteiger partial charge is 0.280 e. The lowest BCUT2D eigenvalue weighted by atomic mass is 10.1. The molecule has 24 heavy (non-hydrogen) atoms. The lowest BCUT2D eigenvalue weighted by Gasteiger charge is -2.35. The third kappa shape index (κ3) is 3.70. The highest BCUT2D eigenvalue weighted by Gasteiger charge is 2.40. The average molecular weight is 430 g/mol. The normalized spacial score (nSPS) is 23.8. The zero-order chi connectivity index (χ0) is 17.3. The van der Waals surface area contributed by atoms with Crippen LogP contribution in [0.5, 0.6) is 0 Å². The van der Waals surface area contributed by atoms with Crippen molar-refractivity contribution >= 4 is 49.1 Å². The monoisotopic (exact) mass is 429 g/mol. The predicted octanol–water partition coefficient (Wildman–Crippen LogP) is 2.73. The summed E-state index contributed by atoms with van der Waals surface area (Å²) in [6, 6.07) is 9.74. The second-order valence-corrected chi connectivity index (χ2v) is 9.11. The number of hydrogen-bond donors (Lipinski definition) is 2. The maximum absolute atomic E-state index is 12.6. The first-order valence-corrected chi connectivity index (χ1v) is 10.3. The minimum absolute atomic E-state index is 0.345. The summed E-state index contributed by atoms with van der Waals surface area (Å²) in [7, 11) is -2.30. The van der Waals surface area contributed by atoms with E-state index in [-0.39, 0.29) is 5.91 Å². The van der Waals surface area contributed by atoms with Gasteiger partial charge in [0.25, 0.3) is 10.2 Å². The van der Waals surface area contributed by atoms with Crippen LogP contribution < -0.4 is 10.0 Å². The molecule has 1 fully saturated rings. The molecule has 2 atom stereocenters. The molecular weight excluding hydrogens is 414 g/mol. The molecule has 6 nitrogen and oxygen atoms in total. The zero-order valence-electron chi connectivity index (χ0n) is 12.8. The van der Waals surface area contributed by atoms with Crippen LogP contribution in [0.15, 0.2) is 46.3 Å². The molecule has 1 aromatic carbocycles. The first-order valence-electron chi connectivity index (χ1n) is 7.22. The van der Waals surface area contributed by atoms with Crippen molar-refractivity contribution in [2.45, 2.75) is 18.5 Å². The fourth-order valence-corrected chi connectivity index (χ4v) is 5.11. The van der Waals surface area contributed by atoms with E-state index >= 15 is 0 Å². The highest BCUT2D eigenvalue weighted by Crippen LogP contribution is 2.30. The molecule has 0 aliphatic carbocycles. The highest BCUT2D eigenvalue weighted by atomic mass is 79.9. The summed E-state index contributed by atoms with van der Waals surface area (Å²) in [5, 5.41) is 4.67. The summed E-state index contributed by atoms with van der Waals surface area (Å²) in [4.78, 5) is 13.5. The Hall–Kier alpha value is -1.26. The van der Waals surface area contributed by atoms with E-state index in [2.05, 4.69) is 26.0 Å². The minimum Gasteiger partial charge on any atom is -0.325 e. The number of hydrogen-bond acceptors (Lipinski definition) is 4. The van der Waals surface area contributed by atoms with E-state index in [0.717, 1.165) is 13.7 Å². The highest BCUT2D eigenvalue weighted by molar-refractivity contribution is 9.10. The van der Waals surface area contributed by atoms with Gasteiger partial charge < -0.3 is 5.32 Å². The largest absolute Gasteiger partial charge is 0.325 e. The first-order chi connectivity index (χ1) is 11.4. The van der Waals surface area contributed by atoms with E-state index in [0.29, 0.717) is 12.1 Å². The Morgan fingerprint density at radius 2 is 2.17 bits per heavy atom. The van der Waals surface area contributed by atoms with Crippen molar-refractivity contribution in [1.82, 2.24) is 9.03 Å². The lowest BCUT2D eigenvalue weighted by Crippen LogP contribution is -2.55. The Bertz CT molecular complexity index is 839. The van der Waals surface area contributed by atoms with Gasteiger partial charge in [0.15, 0.2) is 0 Å². The Morgan fingerprint density at radius 1 is 1.38 bits per heavy atom. The number of thiophene rings is 1. The molecule has 1 saturated heterocycles. The Labute approximate surface area is 153 Å². The van der Waals surface area contributed by atoms with Crippen LogP contribution >= 0.6 is 27.3 Å². The van der Waals surface area contributed by atoms with E-state index in [1.54, 1.807) is 18.2 Å². The van der Waals surface area contributed by atoms with Crippen LogP contribution in [0.2, 0.25) is 0 Å². The molecule has 128 valence electrons. The molecule has 9 heteroatoms. The molecule has 0 saturated carbocycles. The fourth-order valence-electron chi connectivity index (χ4n) is 2.58. The van der Waals surface area contributed by atoms with Gasteiger partial charge in [0.1, 0.15) is 6.04 Å². The molecule has 0 spiro atoms. The zero-order valence-corrected chi connectivity index (χ0v) is 16.0. The Morgan fingerprint density at radius 3 is 2.83 bits per heavy atom. The summed E-state index contributed by atoms with van der Waals surface area (Å²) >= 11 is 4.82. The molecule has 1 amide bonds. The molecule has 2 heterocycles. The van der Waals surface area contributed by atoms with E-state index in [9.17, 15) is 13.2 Å². The average Bonchev–Trinajstić information content (AvgIpc) is 3.04. The molecule has 2 aromatic rings. The van der Waals surface area contributed by atoms with Crippen molar-refractivity contribution in [2.24, 2.45) is 0 Å². The molecular formula is C15H16BrN3O3S2. The lowest BCUT2D eigenvalue weighted by molar-refractivity contribution is -0.120. The van der Waals surface area contributed by atoms with Gasteiger partial charge in [-0.15, -0.1) is 11.3 Å². The number of carbonyl (C=O) groups excluding carboxylic acids is 1. The van der Waals surface area contributed by atoms with Crippen LogP contribution in [0.25, 0.3) is 0 Å². The molecule has 0 bridgehead atoms. The van der Waals surface area contributed by atoms with Crippen LogP contribution in [0.1, 0.15) is 17.3 Å². The summed E-state index contributed by atoms with van der Waals surface area (Å²) in [6.07, 6.45) is 0.371. The second kappa shape index (κ2) is 6.93. The van der Waals surface area contributed by atoms with Gasteiger partial charge in [0.2, 0.25) is 5.91 Å². The van der Waals surface area contributed by atoms with Crippen LogP contribution in [-0.2, 0) is 15.0 Å². The van der Waals surface area contributed by atoms with Crippen LogP contribution in [0.4, 0.5) is 5.69 Å². The fraction of sp³-hybridized carbons (Fsp3) is 0.267. The van der Waals surface area contributed by atoms with Crippen LogP contribution in [-0.4, -0.2) is 31.7 Å². The van der Waals surface area contributed by atoms with Crippen molar-refractivity contribution in [3.05, 3.63) is 51.1 Å². The molecule has 2 N–H and O–H groups in total. The van der Waals surface area contributed by atoms with Gasteiger partial charge >= 0.3 is 0 Å².